The van der Waals surface area contributed by atoms with Crippen LogP contribution in [0.15, 0.2) is 48.5 Å². The topological polar surface area (TPSA) is 843 Å². The number of nitrogens with two attached hydrogens (primary N) is 7. The summed E-state index contributed by atoms with van der Waals surface area (Å²) < 4.78 is 0. The van der Waals surface area contributed by atoms with E-state index in [1.54, 1.807) is 34.0 Å². The zero-order chi connectivity index (χ0) is 104. The molecule has 0 spiro atoms. The highest BCUT2D eigenvalue weighted by Gasteiger charge is 2.39. The van der Waals surface area contributed by atoms with Gasteiger partial charge in [-0.25, -0.2) is 4.79 Å². The minimum atomic E-state index is -1.99. The third-order valence-electron chi connectivity index (χ3n) is 21.2. The number of hydrogen-bond acceptors (Lipinski definition) is 29. The van der Waals surface area contributed by atoms with Crippen molar-refractivity contribution in [1.29, 1.82) is 10.8 Å². The van der Waals surface area contributed by atoms with Gasteiger partial charge in [0, 0.05) is 32.4 Å². The first-order valence-corrected chi connectivity index (χ1v) is 48.5. The third kappa shape index (κ3) is 50.0. The van der Waals surface area contributed by atoms with Gasteiger partial charge >= 0.3 is 11.9 Å². The van der Waals surface area contributed by atoms with Crippen LogP contribution in [0.4, 0.5) is 0 Å². The molecule has 0 saturated carbocycles. The second kappa shape index (κ2) is 66.9. The minimum absolute atomic E-state index is 0.00796. The van der Waals surface area contributed by atoms with E-state index in [1.165, 1.54) is 72.1 Å². The number of aromatic hydroxyl groups is 2. The molecule has 0 fully saturated rings. The lowest BCUT2D eigenvalue weighted by atomic mass is 10.0. The molecule has 16 amide bonds. The van der Waals surface area contributed by atoms with Crippen molar-refractivity contribution in [3.63, 3.8) is 0 Å². The number of carboxylic acid groups (broad SMARTS) is 2. The monoisotopic (exact) mass is 1990 g/mol. The normalized spacial score (nSPS) is 14.4. The summed E-state index contributed by atoms with van der Waals surface area (Å²) in [6, 6.07) is -12.3. The number of nitrogens with one attached hydrogen (secondary N) is 19. The van der Waals surface area contributed by atoms with Crippen LogP contribution in [-0.2, 0) is 99.1 Å². The highest BCUT2D eigenvalue weighted by molar-refractivity contribution is 7.98. The van der Waals surface area contributed by atoms with E-state index in [1.807, 2.05) is 6.26 Å². The highest BCUT2D eigenvalue weighted by atomic mass is 32.2. The molecule has 2 rings (SSSR count). The van der Waals surface area contributed by atoms with Crippen molar-refractivity contribution >= 4 is 142 Å². The van der Waals surface area contributed by atoms with Crippen molar-refractivity contribution in [2.45, 2.75) is 267 Å². The molecule has 0 saturated heterocycles. The lowest BCUT2D eigenvalue weighted by Crippen LogP contribution is -2.61. The van der Waals surface area contributed by atoms with Crippen LogP contribution in [0, 0.1) is 22.7 Å². The first-order valence-electron chi connectivity index (χ1n) is 45.7. The van der Waals surface area contributed by atoms with E-state index in [9.17, 15) is 112 Å². The molecule has 2 aromatic rings. The summed E-state index contributed by atoms with van der Waals surface area (Å²) in [6.07, 6.45) is 1.63. The zero-order valence-corrected chi connectivity index (χ0v) is 80.9. The van der Waals surface area contributed by atoms with Crippen LogP contribution in [0.5, 0.6) is 11.5 Å². The highest BCUT2D eigenvalue weighted by Crippen LogP contribution is 2.19. The van der Waals surface area contributed by atoms with Crippen LogP contribution < -0.4 is 131 Å². The van der Waals surface area contributed by atoms with Gasteiger partial charge in [-0.05, 0) is 213 Å². The molecule has 0 bridgehead atoms. The van der Waals surface area contributed by atoms with Crippen LogP contribution in [0.3, 0.4) is 0 Å². The Hall–Kier alpha value is -12.5. The smallest absolute Gasteiger partial charge is 0.326 e. The van der Waals surface area contributed by atoms with Crippen LogP contribution >= 0.6 is 23.5 Å². The number of thioether (sulfide) groups is 2. The number of carboxylic acids is 2. The van der Waals surface area contributed by atoms with Gasteiger partial charge < -0.3 is 156 Å². The number of aliphatic hydroxyl groups is 1. The molecule has 51 heteroatoms. The van der Waals surface area contributed by atoms with Crippen molar-refractivity contribution in [2.75, 3.05) is 69.9 Å². The molecule has 0 unspecified atom stereocenters. The number of amides is 16. The van der Waals surface area contributed by atoms with Crippen LogP contribution in [-0.4, -0.2) is 304 Å². The van der Waals surface area contributed by atoms with Gasteiger partial charge in [0.1, 0.15) is 96.1 Å². The van der Waals surface area contributed by atoms with E-state index < -0.39 is 241 Å². The molecule has 49 nitrogen and oxygen atoms in total. The van der Waals surface area contributed by atoms with Crippen molar-refractivity contribution in [2.24, 2.45) is 52.0 Å². The Morgan fingerprint density at radius 3 is 1.04 bits per heavy atom. The van der Waals surface area contributed by atoms with E-state index in [2.05, 4.69) is 90.4 Å². The molecule has 0 aliphatic carbocycles. The molecule has 2 aromatic carbocycles. The van der Waals surface area contributed by atoms with E-state index in [-0.39, 0.29) is 165 Å². The molecular weight excluding hydrogens is 1840 g/mol. The van der Waals surface area contributed by atoms with Crippen LogP contribution in [0.25, 0.3) is 0 Å². The summed E-state index contributed by atoms with van der Waals surface area (Å²) >= 11 is 2.67. The number of primary amides is 1. The molecule has 38 N–H and O–H groups in total. The Kier molecular flexibility index (Phi) is 59.0. The molecule has 138 heavy (non-hydrogen) atoms. The van der Waals surface area contributed by atoms with Crippen molar-refractivity contribution < 1.29 is 112 Å². The van der Waals surface area contributed by atoms with Gasteiger partial charge in [0.05, 0.1) is 25.6 Å². The van der Waals surface area contributed by atoms with Gasteiger partial charge in [-0.3, -0.25) is 92.3 Å². The summed E-state index contributed by atoms with van der Waals surface area (Å²) in [7, 11) is 0. The number of phenols is 2. The van der Waals surface area contributed by atoms with Crippen molar-refractivity contribution in [1.82, 2.24) is 90.4 Å². The lowest BCUT2D eigenvalue weighted by Gasteiger charge is -2.29. The molecule has 0 heterocycles. The average Bonchev–Trinajstić information content (AvgIpc) is 0.839. The first kappa shape index (κ1) is 122. The number of phenolic OH excluding ortho intramolecular Hbond substituents is 2. The first-order chi connectivity index (χ1) is 65.3. The average molecular weight is 1990 g/mol. The lowest BCUT2D eigenvalue weighted by molar-refractivity contribution is -0.143. The number of rotatable bonds is 71. The zero-order valence-electron chi connectivity index (χ0n) is 79.3. The molecule has 0 aromatic heterocycles. The minimum Gasteiger partial charge on any atom is -0.508 e. The Bertz CT molecular complexity index is 4300. The summed E-state index contributed by atoms with van der Waals surface area (Å²) in [5.41, 5.74) is 40.8. The molecule has 0 aliphatic heterocycles. The standard InChI is InChI=1S/C87H146N26O23S2/c1-47(2)40-62(110-75(125)56(17-9-12-34-89)102-74(124)55(16-8-11-33-88)103-79(129)60(29-30-68(92)117)107-81(131)63(42-50-21-25-52(115)26-22-50)101-69(118)45-99-72(122)54(91)31-38-137-6)80(130)105-59(20-15-37-98-87(95)96)78(128)113-67(46-114)84(134)108-61(32-39-138-7)73(123)100-49(5)71(121)109-65(44-70(119)120)83(133)104-57(18-10-13-35-90)76(126)111-64(43-51-23-27-53(116)28-24-51)82(132)106-58(19-14-36-97-86(93)94)77(127)112-66(85(135)136)41-48(3)4/h21-28,47-49,54-67,114-116H,8-20,29-46,88-91H2,1-7H3,(H2,92,117)(H,99,122)(H,100,123)(H,101,118)(H,102,124)(H,103,129)(H,104,133)(H,105,130)(H,106,132)(H,107,131)(H,108,134)(H,109,121)(H,110,125)(H,111,126)(H,112,127)(H,113,128)(H,119,120)(H,135,136)(H4,93,94,97)(H4,95,96,98)/t49-,54-,55-,56-,57-,58-,59-,60-,61-,62-,63-,64-,65-,66-,67-/m0/s1. The third-order valence-corrected chi connectivity index (χ3v) is 22.5. The van der Waals surface area contributed by atoms with Crippen LogP contribution in [0.1, 0.15) is 174 Å². The second-order valence-electron chi connectivity index (χ2n) is 33.9. The van der Waals surface area contributed by atoms with Gasteiger partial charge in [-0.15, -0.1) is 0 Å². The second-order valence-corrected chi connectivity index (χ2v) is 35.9. The summed E-state index contributed by atoms with van der Waals surface area (Å²) in [5.74, 6) is -19.9. The van der Waals surface area contributed by atoms with E-state index in [0.717, 1.165) is 6.92 Å². The van der Waals surface area contributed by atoms with Crippen molar-refractivity contribution in [3.8, 4) is 11.5 Å². The number of benzene rings is 2. The van der Waals surface area contributed by atoms with E-state index >= 15 is 0 Å². The number of aliphatic hydroxyl groups excluding tert-OH is 1. The molecule has 0 aliphatic rings. The maximum absolute atomic E-state index is 14.8. The number of carbonyl (C=O) groups is 18. The van der Waals surface area contributed by atoms with Gasteiger partial charge in [0.25, 0.3) is 0 Å². The number of carbonyl (C=O) groups excluding carboxylic acids is 16. The summed E-state index contributed by atoms with van der Waals surface area (Å²) in [5, 5.41) is 109. The fourth-order valence-corrected chi connectivity index (χ4v) is 14.6. The fourth-order valence-electron chi connectivity index (χ4n) is 13.7. The number of hydrogen-bond donors (Lipinski definition) is 31. The predicted molar refractivity (Wildman–Crippen MR) is 515 cm³/mol. The Balaban J connectivity index is 2.55. The summed E-state index contributed by atoms with van der Waals surface area (Å²) in [4.78, 5) is 251. The molecule has 15 atom stereocenters. The maximum Gasteiger partial charge on any atom is 0.326 e. The van der Waals surface area contributed by atoms with Gasteiger partial charge in [-0.2, -0.15) is 23.5 Å². The quantitative estimate of drug-likeness (QED) is 0.0166. The Labute approximate surface area is 810 Å². The largest absolute Gasteiger partial charge is 0.508 e. The molecular formula is C87H146N26O23S2. The van der Waals surface area contributed by atoms with Gasteiger partial charge in [0.2, 0.25) is 94.5 Å². The Morgan fingerprint density at radius 1 is 0.355 bits per heavy atom. The molecule has 774 valence electrons. The Morgan fingerprint density at radius 2 is 0.667 bits per heavy atom. The summed E-state index contributed by atoms with van der Waals surface area (Å²) in [6.45, 7) is 6.62. The van der Waals surface area contributed by atoms with Crippen molar-refractivity contribution in [3.05, 3.63) is 59.7 Å². The van der Waals surface area contributed by atoms with E-state index in [4.69, 9.17) is 51.0 Å². The SMILES string of the molecule is CSCC[C@H](NC(=O)[C@H](CO)NC(=O)[C@H](CCCNC(=N)N)NC(=O)[C@H](CC(C)C)NC(=O)[C@H](CCCCN)NC(=O)[C@H](CCCCN)NC(=O)[C@H](CCC(N)=O)NC(=O)[C@H](Cc1ccc(O)cc1)NC(=O)CNC(=O)[C@@H](N)CCSC)C(=O)N[C@@H](C)C(=O)N[C@@H](CC(=O)O)C(=O)N[C@@H](CCCCN)C(=O)N[C@@H](Cc1ccc(O)cc1)C(=O)N[C@@H](CCCNC(=N)N)C(=O)N[C@@H](CC(C)C)C(=O)O. The molecule has 0 radical (unpaired) electrons. The van der Waals surface area contributed by atoms with E-state index in [0.29, 0.717) is 36.1 Å². The number of unbranched alkanes of at least 4 members (excludes halogenated alkanes) is 3. The van der Waals surface area contributed by atoms with Gasteiger partial charge in [0.15, 0.2) is 11.9 Å². The number of aliphatic carboxylic acids is 2. The maximum atomic E-state index is 14.8. The van der Waals surface area contributed by atoms with Crippen LogP contribution in [0.2, 0.25) is 0 Å². The predicted octanol–water partition coefficient (Wildman–Crippen LogP) is -6.54. The fraction of sp³-hybridized carbons (Fsp3) is 0.632. The van der Waals surface area contributed by atoms with Gasteiger partial charge in [-0.1, -0.05) is 52.0 Å². The number of guanidine groups is 2.